The van der Waals surface area contributed by atoms with Gasteiger partial charge in [-0.1, -0.05) is 11.3 Å². The van der Waals surface area contributed by atoms with E-state index in [1.54, 1.807) is 26.0 Å². The van der Waals surface area contributed by atoms with Gasteiger partial charge in [0.25, 0.3) is 0 Å². The van der Waals surface area contributed by atoms with E-state index in [1.807, 2.05) is 5.38 Å². The molecule has 0 unspecified atom stereocenters. The van der Waals surface area contributed by atoms with E-state index >= 15 is 0 Å². The maximum absolute atomic E-state index is 11.9. The molecule has 0 aromatic carbocycles. The van der Waals surface area contributed by atoms with Crippen molar-refractivity contribution in [3.63, 3.8) is 0 Å². The minimum atomic E-state index is -3.23. The topological polar surface area (TPSA) is 102 Å². The lowest BCUT2D eigenvalue weighted by Crippen LogP contribution is -2.22. The highest BCUT2D eigenvalue weighted by Crippen LogP contribution is 2.27. The predicted molar refractivity (Wildman–Crippen MR) is 79.2 cm³/mol. The number of aromatic carboxylic acids is 1. The van der Waals surface area contributed by atoms with Crippen molar-refractivity contribution in [3.05, 3.63) is 23.2 Å². The maximum atomic E-state index is 11.9. The van der Waals surface area contributed by atoms with Crippen molar-refractivity contribution >= 4 is 27.1 Å². The highest BCUT2D eigenvalue weighted by atomic mass is 32.2. The molecule has 0 aliphatic carbocycles. The first-order chi connectivity index (χ1) is 9.83. The number of carboxylic acid groups (broad SMARTS) is 1. The molecule has 0 radical (unpaired) electrons. The standard InChI is InChI=1S/C12H15N3O4S2/c1-8(2)21(18,19)7-5-15-11(9-4-3-6-20-9)10(12(16)17)13-14-15/h3-4,6,8H,5,7H2,1-2H3,(H,16,17). The Balaban J connectivity index is 2.35. The Morgan fingerprint density at radius 3 is 2.71 bits per heavy atom. The van der Waals surface area contributed by atoms with Crippen LogP contribution in [0.2, 0.25) is 0 Å². The third-order valence-electron chi connectivity index (χ3n) is 3.00. The van der Waals surface area contributed by atoms with Gasteiger partial charge in [0.15, 0.2) is 15.5 Å². The number of thiophene rings is 1. The van der Waals surface area contributed by atoms with Gasteiger partial charge < -0.3 is 5.11 Å². The van der Waals surface area contributed by atoms with E-state index in [9.17, 15) is 13.2 Å². The van der Waals surface area contributed by atoms with Crippen LogP contribution in [0.5, 0.6) is 0 Å². The van der Waals surface area contributed by atoms with Crippen molar-refractivity contribution in [2.45, 2.75) is 25.6 Å². The van der Waals surface area contributed by atoms with Crippen LogP contribution in [0.4, 0.5) is 0 Å². The van der Waals surface area contributed by atoms with Crippen molar-refractivity contribution in [3.8, 4) is 10.6 Å². The first-order valence-electron chi connectivity index (χ1n) is 6.25. The summed E-state index contributed by atoms with van der Waals surface area (Å²) in [6, 6.07) is 3.54. The number of hydrogen-bond donors (Lipinski definition) is 1. The molecule has 9 heteroatoms. The van der Waals surface area contributed by atoms with E-state index in [4.69, 9.17) is 5.11 Å². The van der Waals surface area contributed by atoms with Gasteiger partial charge in [-0.3, -0.25) is 0 Å². The van der Waals surface area contributed by atoms with Crippen LogP contribution in [-0.2, 0) is 16.4 Å². The second-order valence-electron chi connectivity index (χ2n) is 4.71. The number of aryl methyl sites for hydroxylation is 1. The molecule has 0 fully saturated rings. The summed E-state index contributed by atoms with van der Waals surface area (Å²) in [6.45, 7) is 3.30. The van der Waals surface area contributed by atoms with E-state index in [1.165, 1.54) is 16.0 Å². The summed E-state index contributed by atoms with van der Waals surface area (Å²) in [4.78, 5) is 11.9. The summed E-state index contributed by atoms with van der Waals surface area (Å²) >= 11 is 1.35. The Hall–Kier alpha value is -1.74. The molecule has 0 aliphatic rings. The highest BCUT2D eigenvalue weighted by molar-refractivity contribution is 7.91. The summed E-state index contributed by atoms with van der Waals surface area (Å²) in [7, 11) is -3.23. The zero-order valence-electron chi connectivity index (χ0n) is 11.6. The van der Waals surface area contributed by atoms with Gasteiger partial charge in [-0.2, -0.15) is 0 Å². The molecule has 0 amide bonds. The Bertz CT molecular complexity index is 733. The minimum Gasteiger partial charge on any atom is -0.476 e. The molecule has 7 nitrogen and oxygen atoms in total. The van der Waals surface area contributed by atoms with Crippen LogP contribution < -0.4 is 0 Å². The molecule has 1 N–H and O–H groups in total. The normalized spacial score (nSPS) is 12.0. The Morgan fingerprint density at radius 2 is 2.19 bits per heavy atom. The summed E-state index contributed by atoms with van der Waals surface area (Å²) < 4.78 is 25.1. The van der Waals surface area contributed by atoms with Crippen molar-refractivity contribution in [1.29, 1.82) is 0 Å². The van der Waals surface area contributed by atoms with Gasteiger partial charge in [0.1, 0.15) is 5.69 Å². The Morgan fingerprint density at radius 1 is 1.48 bits per heavy atom. The molecule has 0 saturated carbocycles. The Labute approximate surface area is 126 Å². The van der Waals surface area contributed by atoms with Gasteiger partial charge in [0.2, 0.25) is 0 Å². The molecule has 2 heterocycles. The maximum Gasteiger partial charge on any atom is 0.358 e. The second-order valence-corrected chi connectivity index (χ2v) is 8.33. The van der Waals surface area contributed by atoms with Crippen LogP contribution in [0.3, 0.4) is 0 Å². The van der Waals surface area contributed by atoms with Crippen molar-refractivity contribution < 1.29 is 18.3 Å². The number of carboxylic acids is 1. The van der Waals surface area contributed by atoms with Crippen molar-refractivity contribution in [1.82, 2.24) is 15.0 Å². The summed E-state index contributed by atoms with van der Waals surface area (Å²) in [5, 5.41) is 17.9. The molecular weight excluding hydrogens is 314 g/mol. The fourth-order valence-electron chi connectivity index (χ4n) is 1.72. The van der Waals surface area contributed by atoms with E-state index in [0.29, 0.717) is 10.6 Å². The number of hydrogen-bond acceptors (Lipinski definition) is 6. The zero-order valence-corrected chi connectivity index (χ0v) is 13.2. The lowest BCUT2D eigenvalue weighted by molar-refractivity contribution is 0.0691. The van der Waals surface area contributed by atoms with Crippen LogP contribution in [0.25, 0.3) is 10.6 Å². The molecule has 21 heavy (non-hydrogen) atoms. The molecule has 0 aliphatic heterocycles. The van der Waals surface area contributed by atoms with Crippen molar-refractivity contribution in [2.24, 2.45) is 0 Å². The molecule has 0 spiro atoms. The molecule has 0 atom stereocenters. The molecule has 0 bridgehead atoms. The predicted octanol–water partition coefficient (Wildman–Crippen LogP) is 1.53. The minimum absolute atomic E-state index is 0.0774. The van der Waals surface area contributed by atoms with Crippen LogP contribution in [0.15, 0.2) is 17.5 Å². The molecule has 2 aromatic rings. The molecule has 2 rings (SSSR count). The molecule has 2 aromatic heterocycles. The van der Waals surface area contributed by atoms with E-state index in [0.717, 1.165) is 0 Å². The third kappa shape index (κ3) is 3.30. The number of nitrogens with zero attached hydrogens (tertiary/aromatic N) is 3. The number of sulfone groups is 1. The smallest absolute Gasteiger partial charge is 0.358 e. The van der Waals surface area contributed by atoms with Gasteiger partial charge in [0, 0.05) is 0 Å². The van der Waals surface area contributed by atoms with Gasteiger partial charge in [0.05, 0.1) is 22.4 Å². The monoisotopic (exact) mass is 329 g/mol. The number of carbonyl (C=O) groups is 1. The van der Waals surface area contributed by atoms with E-state index in [-0.39, 0.29) is 18.0 Å². The van der Waals surface area contributed by atoms with E-state index < -0.39 is 21.1 Å². The number of rotatable bonds is 6. The van der Waals surface area contributed by atoms with Crippen LogP contribution in [-0.4, -0.2) is 45.5 Å². The molecular formula is C12H15N3O4S2. The van der Waals surface area contributed by atoms with Gasteiger partial charge in [-0.25, -0.2) is 17.9 Å². The fourth-order valence-corrected chi connectivity index (χ4v) is 3.39. The average molecular weight is 329 g/mol. The summed E-state index contributed by atoms with van der Waals surface area (Å²) in [5.74, 6) is -1.29. The second kappa shape index (κ2) is 5.94. The van der Waals surface area contributed by atoms with Gasteiger partial charge in [-0.15, -0.1) is 16.4 Å². The average Bonchev–Trinajstić information content (AvgIpc) is 3.04. The van der Waals surface area contributed by atoms with Crippen LogP contribution >= 0.6 is 11.3 Å². The number of aromatic nitrogens is 3. The zero-order chi connectivity index (χ0) is 15.6. The van der Waals surface area contributed by atoms with Gasteiger partial charge in [-0.05, 0) is 25.3 Å². The molecule has 0 saturated heterocycles. The molecule has 114 valence electrons. The Kier molecular flexibility index (Phi) is 4.43. The van der Waals surface area contributed by atoms with Crippen molar-refractivity contribution in [2.75, 3.05) is 5.75 Å². The SMILES string of the molecule is CC(C)S(=O)(=O)CCn1nnc(C(=O)O)c1-c1cccs1. The van der Waals surface area contributed by atoms with Crippen LogP contribution in [0, 0.1) is 0 Å². The summed E-state index contributed by atoms with van der Waals surface area (Å²) in [5.41, 5.74) is 0.177. The lowest BCUT2D eigenvalue weighted by atomic mass is 10.2. The van der Waals surface area contributed by atoms with Crippen LogP contribution in [0.1, 0.15) is 24.3 Å². The largest absolute Gasteiger partial charge is 0.476 e. The quantitative estimate of drug-likeness (QED) is 0.862. The van der Waals surface area contributed by atoms with E-state index in [2.05, 4.69) is 10.3 Å². The first-order valence-corrected chi connectivity index (χ1v) is 8.84. The summed E-state index contributed by atoms with van der Waals surface area (Å²) in [6.07, 6.45) is 0. The lowest BCUT2D eigenvalue weighted by Gasteiger charge is -2.09. The third-order valence-corrected chi connectivity index (χ3v) is 6.06. The highest BCUT2D eigenvalue weighted by Gasteiger charge is 2.23. The first kappa shape index (κ1) is 15.6. The fraction of sp³-hybridized carbons (Fsp3) is 0.417. The van der Waals surface area contributed by atoms with Gasteiger partial charge >= 0.3 is 5.97 Å².